The Labute approximate surface area is 109 Å². The number of rotatable bonds is 2. The lowest BCUT2D eigenvalue weighted by Crippen LogP contribution is -2.40. The Morgan fingerprint density at radius 2 is 2.33 bits per heavy atom. The van der Waals surface area contributed by atoms with Crippen molar-refractivity contribution in [2.24, 2.45) is 5.92 Å². The first kappa shape index (κ1) is 12.2. The lowest BCUT2D eigenvalue weighted by atomic mass is 9.70. The highest BCUT2D eigenvalue weighted by Crippen LogP contribution is 2.47. The predicted octanol–water partition coefficient (Wildman–Crippen LogP) is 3.44. The van der Waals surface area contributed by atoms with Crippen LogP contribution in [0.5, 0.6) is 0 Å². The molecule has 1 aromatic rings. The second-order valence-electron chi connectivity index (χ2n) is 6.11. The Kier molecular flexibility index (Phi) is 3.14. The van der Waals surface area contributed by atoms with E-state index in [1.54, 1.807) is 0 Å². The average Bonchev–Trinajstić information content (AvgIpc) is 2.83. The minimum Gasteiger partial charge on any atom is -0.389 e. The lowest BCUT2D eigenvalue weighted by Gasteiger charge is -2.41. The third kappa shape index (κ3) is 1.97. The zero-order chi connectivity index (χ0) is 12.6. The van der Waals surface area contributed by atoms with E-state index in [0.717, 1.165) is 25.7 Å². The normalized spacial score (nSPS) is 35.4. The van der Waals surface area contributed by atoms with E-state index in [4.69, 9.17) is 0 Å². The van der Waals surface area contributed by atoms with E-state index in [1.807, 2.05) is 12.3 Å². The van der Waals surface area contributed by atoms with Crippen LogP contribution in [0.2, 0.25) is 0 Å². The molecule has 3 atom stereocenters. The quantitative estimate of drug-likeness (QED) is 0.865. The van der Waals surface area contributed by atoms with Gasteiger partial charge in [-0.05, 0) is 43.2 Å². The molecule has 3 rings (SSSR count). The van der Waals surface area contributed by atoms with Crippen LogP contribution in [0, 0.1) is 5.92 Å². The summed E-state index contributed by atoms with van der Waals surface area (Å²) in [5.41, 5.74) is 2.05. The van der Waals surface area contributed by atoms with Gasteiger partial charge in [-0.25, -0.2) is 0 Å². The van der Waals surface area contributed by atoms with Crippen molar-refractivity contribution >= 4 is 0 Å². The monoisotopic (exact) mass is 245 g/mol. The molecule has 0 aliphatic heterocycles. The van der Waals surface area contributed by atoms with Gasteiger partial charge in [-0.1, -0.05) is 32.3 Å². The molecule has 0 bridgehead atoms. The summed E-state index contributed by atoms with van der Waals surface area (Å²) < 4.78 is 0. The van der Waals surface area contributed by atoms with E-state index in [9.17, 15) is 5.11 Å². The Bertz CT molecular complexity index is 431. The molecular weight excluding hydrogens is 222 g/mol. The maximum atomic E-state index is 11.1. The Balaban J connectivity index is 1.87. The molecule has 3 unspecified atom stereocenters. The summed E-state index contributed by atoms with van der Waals surface area (Å²) >= 11 is 0. The number of pyridine rings is 1. The summed E-state index contributed by atoms with van der Waals surface area (Å²) in [4.78, 5) is 4.55. The van der Waals surface area contributed by atoms with E-state index in [-0.39, 0.29) is 5.92 Å². The summed E-state index contributed by atoms with van der Waals surface area (Å²) in [6, 6.07) is 4.19. The first-order valence-electron chi connectivity index (χ1n) is 7.39. The highest BCUT2D eigenvalue weighted by Gasteiger charge is 2.44. The highest BCUT2D eigenvalue weighted by atomic mass is 16.3. The molecule has 1 N–H and O–H groups in total. The van der Waals surface area contributed by atoms with E-state index >= 15 is 0 Å². The number of hydrogen-bond donors (Lipinski definition) is 1. The van der Waals surface area contributed by atoms with Crippen LogP contribution >= 0.6 is 0 Å². The third-order valence-electron chi connectivity index (χ3n) is 5.05. The Morgan fingerprint density at radius 1 is 1.44 bits per heavy atom. The van der Waals surface area contributed by atoms with Gasteiger partial charge < -0.3 is 5.11 Å². The topological polar surface area (TPSA) is 33.1 Å². The van der Waals surface area contributed by atoms with Crippen LogP contribution in [0.15, 0.2) is 18.3 Å². The summed E-state index contributed by atoms with van der Waals surface area (Å²) in [7, 11) is 0. The second kappa shape index (κ2) is 4.65. The molecule has 2 aliphatic carbocycles. The van der Waals surface area contributed by atoms with Crippen LogP contribution < -0.4 is 0 Å². The molecular formula is C16H23NO. The molecule has 1 aromatic heterocycles. The van der Waals surface area contributed by atoms with Crippen LogP contribution in [0.4, 0.5) is 0 Å². The molecule has 0 radical (unpaired) electrons. The van der Waals surface area contributed by atoms with Gasteiger partial charge in [-0.15, -0.1) is 0 Å². The minimum absolute atomic E-state index is 0.281. The number of aryl methyl sites for hydroxylation is 1. The molecule has 1 fully saturated rings. The largest absolute Gasteiger partial charge is 0.389 e. The minimum atomic E-state index is -0.488. The smallest absolute Gasteiger partial charge is 0.0734 e. The van der Waals surface area contributed by atoms with Gasteiger partial charge in [0.25, 0.3) is 0 Å². The molecule has 0 spiro atoms. The Morgan fingerprint density at radius 3 is 3.17 bits per heavy atom. The van der Waals surface area contributed by atoms with Crippen LogP contribution in [0.1, 0.15) is 62.6 Å². The summed E-state index contributed by atoms with van der Waals surface area (Å²) in [6.07, 6.45) is 9.65. The molecule has 98 valence electrons. The van der Waals surface area contributed by atoms with Gasteiger partial charge in [0.05, 0.1) is 5.60 Å². The van der Waals surface area contributed by atoms with Gasteiger partial charge in [-0.2, -0.15) is 0 Å². The van der Waals surface area contributed by atoms with Gasteiger partial charge in [0.1, 0.15) is 0 Å². The van der Waals surface area contributed by atoms with Crippen LogP contribution in [-0.2, 0) is 6.42 Å². The standard InChI is InChI=1S/C16H23NO/c1-2-12-5-3-9-16(18,11-12)14-8-7-13-6-4-10-17-15(13)14/h4,6,10,12,14,18H,2-3,5,7-9,11H2,1H3. The van der Waals surface area contributed by atoms with Crippen LogP contribution in [0.25, 0.3) is 0 Å². The molecule has 1 heterocycles. The first-order chi connectivity index (χ1) is 8.73. The van der Waals surface area contributed by atoms with Gasteiger partial charge in [0.2, 0.25) is 0 Å². The summed E-state index contributed by atoms with van der Waals surface area (Å²) in [5, 5.41) is 11.1. The number of aromatic nitrogens is 1. The fourth-order valence-electron chi connectivity index (χ4n) is 4.00. The third-order valence-corrected chi connectivity index (χ3v) is 5.05. The van der Waals surface area contributed by atoms with Crippen molar-refractivity contribution in [1.82, 2.24) is 4.98 Å². The lowest BCUT2D eigenvalue weighted by molar-refractivity contribution is -0.0407. The van der Waals surface area contributed by atoms with Crippen LogP contribution in [0.3, 0.4) is 0 Å². The van der Waals surface area contributed by atoms with Crippen molar-refractivity contribution in [1.29, 1.82) is 0 Å². The first-order valence-corrected chi connectivity index (χ1v) is 7.39. The van der Waals surface area contributed by atoms with Crippen molar-refractivity contribution in [2.75, 3.05) is 0 Å². The van der Waals surface area contributed by atoms with E-state index < -0.39 is 5.60 Å². The molecule has 0 saturated heterocycles. The van der Waals surface area contributed by atoms with Crippen molar-refractivity contribution in [2.45, 2.75) is 63.4 Å². The number of nitrogens with zero attached hydrogens (tertiary/aromatic N) is 1. The molecule has 2 heteroatoms. The van der Waals surface area contributed by atoms with E-state index in [2.05, 4.69) is 18.0 Å². The van der Waals surface area contributed by atoms with Gasteiger partial charge in [0, 0.05) is 17.8 Å². The van der Waals surface area contributed by atoms with Crippen molar-refractivity contribution in [3.05, 3.63) is 29.6 Å². The van der Waals surface area contributed by atoms with E-state index in [0.29, 0.717) is 5.92 Å². The number of fused-ring (bicyclic) bond motifs is 1. The van der Waals surface area contributed by atoms with Crippen LogP contribution in [-0.4, -0.2) is 15.7 Å². The maximum absolute atomic E-state index is 11.1. The second-order valence-corrected chi connectivity index (χ2v) is 6.11. The zero-order valence-electron chi connectivity index (χ0n) is 11.2. The van der Waals surface area contributed by atoms with E-state index in [1.165, 1.54) is 30.5 Å². The number of hydrogen-bond acceptors (Lipinski definition) is 2. The van der Waals surface area contributed by atoms with Crippen molar-refractivity contribution in [3.8, 4) is 0 Å². The molecule has 2 nitrogen and oxygen atoms in total. The molecule has 18 heavy (non-hydrogen) atoms. The average molecular weight is 245 g/mol. The maximum Gasteiger partial charge on any atom is 0.0734 e. The fraction of sp³-hybridized carbons (Fsp3) is 0.688. The number of aliphatic hydroxyl groups is 1. The summed E-state index contributed by atoms with van der Waals surface area (Å²) in [5.74, 6) is 0.986. The highest BCUT2D eigenvalue weighted by molar-refractivity contribution is 5.31. The fourth-order valence-corrected chi connectivity index (χ4v) is 4.00. The molecule has 1 saturated carbocycles. The van der Waals surface area contributed by atoms with Crippen molar-refractivity contribution < 1.29 is 5.11 Å². The van der Waals surface area contributed by atoms with Gasteiger partial charge in [0.15, 0.2) is 0 Å². The van der Waals surface area contributed by atoms with Crippen molar-refractivity contribution in [3.63, 3.8) is 0 Å². The zero-order valence-corrected chi connectivity index (χ0v) is 11.2. The van der Waals surface area contributed by atoms with Gasteiger partial charge >= 0.3 is 0 Å². The Hall–Kier alpha value is -0.890. The van der Waals surface area contributed by atoms with Gasteiger partial charge in [-0.3, -0.25) is 4.98 Å². The SMILES string of the molecule is CCC1CCCC(O)(C2CCc3cccnc32)C1. The molecule has 0 aromatic carbocycles. The summed E-state index contributed by atoms with van der Waals surface area (Å²) in [6.45, 7) is 2.25. The molecule has 0 amide bonds. The molecule has 2 aliphatic rings. The predicted molar refractivity (Wildman–Crippen MR) is 72.5 cm³/mol.